The number of ether oxygens (including phenoxy) is 1. The third kappa shape index (κ3) is 5.64. The Balaban J connectivity index is 1.42. The van der Waals surface area contributed by atoms with Crippen LogP contribution in [0.5, 0.6) is 5.88 Å². The van der Waals surface area contributed by atoms with E-state index >= 15 is 0 Å². The molecule has 0 atom stereocenters. The Kier molecular flexibility index (Phi) is 6.92. The monoisotopic (exact) mass is 518 g/mol. The zero-order valence-corrected chi connectivity index (χ0v) is 21.9. The first-order valence-electron chi connectivity index (χ1n) is 12.3. The smallest absolute Gasteiger partial charge is 0.267 e. The lowest BCUT2D eigenvalue weighted by atomic mass is 9.83. The summed E-state index contributed by atoms with van der Waals surface area (Å²) >= 11 is 0. The Hall–Kier alpha value is -3.79. The van der Waals surface area contributed by atoms with Crippen molar-refractivity contribution < 1.29 is 13.2 Å². The Bertz CT molecular complexity index is 1480. The summed E-state index contributed by atoms with van der Waals surface area (Å²) in [6.45, 7) is 4.01. The number of pyridine rings is 1. The first kappa shape index (κ1) is 24.9. The summed E-state index contributed by atoms with van der Waals surface area (Å²) in [4.78, 5) is 13.2. The van der Waals surface area contributed by atoms with Gasteiger partial charge in [-0.25, -0.2) is 18.1 Å². The number of rotatable bonds is 7. The number of sulfonamides is 1. The molecule has 0 radical (unpaired) electrons. The van der Waals surface area contributed by atoms with Crippen LogP contribution in [0.2, 0.25) is 0 Å². The third-order valence-electron chi connectivity index (χ3n) is 6.80. The van der Waals surface area contributed by atoms with Gasteiger partial charge in [-0.15, -0.1) is 0 Å². The van der Waals surface area contributed by atoms with Crippen molar-refractivity contribution in [1.82, 2.24) is 24.7 Å². The van der Waals surface area contributed by atoms with Crippen molar-refractivity contribution in [3.8, 4) is 17.1 Å². The maximum atomic E-state index is 13.0. The lowest BCUT2D eigenvalue weighted by Gasteiger charge is -2.29. The van der Waals surface area contributed by atoms with E-state index in [-0.39, 0.29) is 16.9 Å². The molecule has 10 heteroatoms. The molecule has 5 rings (SSSR count). The van der Waals surface area contributed by atoms with Crippen molar-refractivity contribution in [2.75, 3.05) is 4.72 Å². The van der Waals surface area contributed by atoms with Crippen LogP contribution in [-0.2, 0) is 17.1 Å². The molecular weight excluding hydrogens is 488 g/mol. The van der Waals surface area contributed by atoms with Gasteiger partial charge in [0.15, 0.2) is 0 Å². The van der Waals surface area contributed by atoms with E-state index in [0.29, 0.717) is 17.5 Å². The zero-order chi connectivity index (χ0) is 26.0. The van der Waals surface area contributed by atoms with E-state index in [4.69, 9.17) is 4.74 Å². The van der Waals surface area contributed by atoms with Crippen molar-refractivity contribution in [2.45, 2.75) is 56.4 Å². The molecule has 4 aromatic rings. The van der Waals surface area contributed by atoms with Crippen molar-refractivity contribution >= 4 is 16.0 Å². The largest absolute Gasteiger partial charge is 0.474 e. The predicted molar refractivity (Wildman–Crippen MR) is 141 cm³/mol. The lowest BCUT2D eigenvalue weighted by molar-refractivity contribution is 0.140. The molecule has 3 heterocycles. The van der Waals surface area contributed by atoms with Gasteiger partial charge in [-0.05, 0) is 74.3 Å². The third-order valence-corrected chi connectivity index (χ3v) is 8.08. The molecule has 0 bridgehead atoms. The summed E-state index contributed by atoms with van der Waals surface area (Å²) in [6.07, 6.45) is 10.1. The minimum atomic E-state index is -3.92. The van der Waals surface area contributed by atoms with E-state index < -0.39 is 10.0 Å². The van der Waals surface area contributed by atoms with Gasteiger partial charge in [-0.3, -0.25) is 9.67 Å². The molecule has 0 aliphatic heterocycles. The highest BCUT2D eigenvalue weighted by Gasteiger charge is 2.25. The highest BCUT2D eigenvalue weighted by atomic mass is 32.2. The molecule has 1 saturated carbocycles. The van der Waals surface area contributed by atoms with E-state index in [9.17, 15) is 8.42 Å². The zero-order valence-electron chi connectivity index (χ0n) is 21.1. The summed E-state index contributed by atoms with van der Waals surface area (Å²) in [5, 5.41) is 3.96. The molecular formula is C27H30N6O3S. The molecule has 1 aromatic carbocycles. The number of nitrogens with one attached hydrogen (secondary N) is 1. The highest BCUT2D eigenvalue weighted by molar-refractivity contribution is 7.92. The van der Waals surface area contributed by atoms with Gasteiger partial charge in [0, 0.05) is 37.3 Å². The summed E-state index contributed by atoms with van der Waals surface area (Å²) in [7, 11) is -2.26. The number of hydrogen-bond acceptors (Lipinski definition) is 7. The number of aromatic nitrogens is 5. The van der Waals surface area contributed by atoms with Crippen molar-refractivity contribution in [3.63, 3.8) is 0 Å². The van der Waals surface area contributed by atoms with Crippen LogP contribution in [0, 0.1) is 13.8 Å². The van der Waals surface area contributed by atoms with Gasteiger partial charge < -0.3 is 4.74 Å². The fraction of sp³-hybridized carbons (Fsp3) is 0.333. The summed E-state index contributed by atoms with van der Waals surface area (Å²) in [5.74, 6) is 0.800. The molecule has 0 amide bonds. The van der Waals surface area contributed by atoms with Gasteiger partial charge in [0.1, 0.15) is 11.0 Å². The SMILES string of the molecule is Cc1cccc(C)c1-c1cc(OC2CCC(c3ccncc3)CC2)nc(NS(=O)(=O)c2cnn(C)c2)n1. The minimum absolute atomic E-state index is 0.0124. The van der Waals surface area contributed by atoms with Gasteiger partial charge in [0.25, 0.3) is 10.0 Å². The average Bonchev–Trinajstić information content (AvgIpc) is 3.32. The van der Waals surface area contributed by atoms with E-state index in [0.717, 1.165) is 42.4 Å². The second-order valence-electron chi connectivity index (χ2n) is 9.51. The van der Waals surface area contributed by atoms with Crippen LogP contribution in [0.15, 0.2) is 66.1 Å². The van der Waals surface area contributed by atoms with Gasteiger partial charge in [0.2, 0.25) is 11.8 Å². The fourth-order valence-corrected chi connectivity index (χ4v) is 5.84. The van der Waals surface area contributed by atoms with Crippen molar-refractivity contribution in [2.24, 2.45) is 7.05 Å². The number of anilines is 1. The Morgan fingerprint density at radius 2 is 1.70 bits per heavy atom. The van der Waals surface area contributed by atoms with Crippen LogP contribution in [-0.4, -0.2) is 39.3 Å². The molecule has 1 aliphatic carbocycles. The molecule has 192 valence electrons. The summed E-state index contributed by atoms with van der Waals surface area (Å²) in [6, 6.07) is 11.9. The van der Waals surface area contributed by atoms with Crippen LogP contribution >= 0.6 is 0 Å². The fourth-order valence-electron chi connectivity index (χ4n) is 4.91. The number of hydrogen-bond donors (Lipinski definition) is 1. The number of aryl methyl sites for hydroxylation is 3. The molecule has 1 N–H and O–H groups in total. The molecule has 1 aliphatic rings. The Morgan fingerprint density at radius 3 is 2.35 bits per heavy atom. The first-order chi connectivity index (χ1) is 17.8. The van der Waals surface area contributed by atoms with E-state index in [1.54, 1.807) is 13.1 Å². The van der Waals surface area contributed by atoms with Crippen LogP contribution in [0.3, 0.4) is 0 Å². The van der Waals surface area contributed by atoms with Gasteiger partial charge >= 0.3 is 0 Å². The highest BCUT2D eigenvalue weighted by Crippen LogP contribution is 2.35. The molecule has 0 saturated heterocycles. The molecule has 0 spiro atoms. The Morgan fingerprint density at radius 1 is 1.00 bits per heavy atom. The molecule has 1 fully saturated rings. The predicted octanol–water partition coefficient (Wildman–Crippen LogP) is 4.79. The topological polar surface area (TPSA) is 112 Å². The second kappa shape index (κ2) is 10.3. The Labute approximate surface area is 217 Å². The molecule has 37 heavy (non-hydrogen) atoms. The maximum absolute atomic E-state index is 13.0. The standard InChI is InChI=1S/C27H30N6O3S/c1-18-5-4-6-19(2)26(18)24-15-25(31-27(30-24)32-37(34,35)23-16-29-33(3)17-23)36-22-9-7-20(8-10-22)21-11-13-28-14-12-21/h4-6,11-17,20,22H,7-10H2,1-3H3,(H,30,31,32). The summed E-state index contributed by atoms with van der Waals surface area (Å²) < 4.78 is 36.2. The van der Waals surface area contributed by atoms with Crippen LogP contribution < -0.4 is 9.46 Å². The quantitative estimate of drug-likeness (QED) is 0.374. The van der Waals surface area contributed by atoms with Gasteiger partial charge in [-0.2, -0.15) is 10.1 Å². The number of benzene rings is 1. The van der Waals surface area contributed by atoms with E-state index in [1.165, 1.54) is 22.6 Å². The first-order valence-corrected chi connectivity index (χ1v) is 13.8. The van der Waals surface area contributed by atoms with Crippen molar-refractivity contribution in [1.29, 1.82) is 0 Å². The van der Waals surface area contributed by atoms with Crippen LogP contribution in [0.1, 0.15) is 48.3 Å². The van der Waals surface area contributed by atoms with Gasteiger partial charge in [0.05, 0.1) is 11.9 Å². The normalized spacial score (nSPS) is 17.9. The molecule has 3 aromatic heterocycles. The number of nitrogens with zero attached hydrogens (tertiary/aromatic N) is 5. The average molecular weight is 519 g/mol. The minimum Gasteiger partial charge on any atom is -0.474 e. The maximum Gasteiger partial charge on any atom is 0.267 e. The van der Waals surface area contributed by atoms with Crippen molar-refractivity contribution in [3.05, 3.63) is 77.9 Å². The molecule has 9 nitrogen and oxygen atoms in total. The van der Waals surface area contributed by atoms with Crippen LogP contribution in [0.4, 0.5) is 5.95 Å². The van der Waals surface area contributed by atoms with Gasteiger partial charge in [-0.1, -0.05) is 18.2 Å². The second-order valence-corrected chi connectivity index (χ2v) is 11.2. The van der Waals surface area contributed by atoms with Crippen LogP contribution in [0.25, 0.3) is 11.3 Å². The van der Waals surface area contributed by atoms with E-state index in [1.807, 2.05) is 44.4 Å². The lowest BCUT2D eigenvalue weighted by Crippen LogP contribution is -2.24. The summed E-state index contributed by atoms with van der Waals surface area (Å²) in [5.41, 5.74) is 4.90. The van der Waals surface area contributed by atoms with E-state index in [2.05, 4.69) is 36.9 Å². The molecule has 0 unspecified atom stereocenters.